The lowest BCUT2D eigenvalue weighted by molar-refractivity contribution is -0.0327. The fourth-order valence-corrected chi connectivity index (χ4v) is 1.84. The van der Waals surface area contributed by atoms with Crippen molar-refractivity contribution in [2.24, 2.45) is 5.41 Å². The van der Waals surface area contributed by atoms with Gasteiger partial charge < -0.3 is 15.2 Å². The van der Waals surface area contributed by atoms with Crippen LogP contribution < -0.4 is 10.1 Å². The Balaban J connectivity index is 2.83. The molecule has 0 fully saturated rings. The lowest BCUT2D eigenvalue weighted by Gasteiger charge is -2.37. The van der Waals surface area contributed by atoms with Crippen molar-refractivity contribution < 1.29 is 14.6 Å². The molecule has 0 aromatic heterocycles. The van der Waals surface area contributed by atoms with Crippen LogP contribution in [0.5, 0.6) is 5.75 Å². The Hall–Kier alpha value is -1.07. The number of rotatable bonds is 5. The summed E-state index contributed by atoms with van der Waals surface area (Å²) in [5.41, 5.74) is -0.809. The molecule has 0 aliphatic carbocycles. The Morgan fingerprint density at radius 1 is 1.35 bits per heavy atom. The molecule has 1 aromatic rings. The van der Waals surface area contributed by atoms with Gasteiger partial charge in [0.15, 0.2) is 0 Å². The molecule has 1 aromatic carbocycles. The number of methoxy groups -OCH3 is 1. The molecule has 1 amide bonds. The van der Waals surface area contributed by atoms with Gasteiger partial charge in [-0.3, -0.25) is 4.79 Å². The molecule has 0 saturated heterocycles. The fourth-order valence-electron chi connectivity index (χ4n) is 1.42. The summed E-state index contributed by atoms with van der Waals surface area (Å²) >= 11 is 3.35. The first-order valence-electron chi connectivity index (χ1n) is 6.42. The molecular formula is C15H22BrNO3. The Kier molecular flexibility index (Phi) is 5.21. The van der Waals surface area contributed by atoms with E-state index >= 15 is 0 Å². The van der Waals surface area contributed by atoms with Gasteiger partial charge >= 0.3 is 0 Å². The van der Waals surface area contributed by atoms with Crippen LogP contribution in [0.2, 0.25) is 0 Å². The summed E-state index contributed by atoms with van der Waals surface area (Å²) in [6.07, 6.45) is 0. The number of benzene rings is 1. The second-order valence-corrected chi connectivity index (χ2v) is 6.83. The smallest absolute Gasteiger partial charge is 0.252 e. The first kappa shape index (κ1) is 17.0. The molecule has 0 radical (unpaired) electrons. The van der Waals surface area contributed by atoms with Crippen LogP contribution in [0, 0.1) is 5.41 Å². The van der Waals surface area contributed by atoms with Crippen molar-refractivity contribution in [2.45, 2.75) is 33.3 Å². The largest absolute Gasteiger partial charge is 0.497 e. The number of amides is 1. The molecule has 4 nitrogen and oxygen atoms in total. The van der Waals surface area contributed by atoms with Crippen molar-refractivity contribution in [3.05, 3.63) is 28.2 Å². The van der Waals surface area contributed by atoms with Crippen molar-refractivity contribution >= 4 is 21.8 Å². The first-order valence-corrected chi connectivity index (χ1v) is 7.22. The second-order valence-electron chi connectivity index (χ2n) is 5.97. The second kappa shape index (κ2) is 6.14. The highest BCUT2D eigenvalue weighted by Gasteiger charge is 2.35. The molecule has 0 spiro atoms. The zero-order chi connectivity index (χ0) is 15.6. The molecule has 0 aliphatic rings. The Morgan fingerprint density at radius 3 is 2.45 bits per heavy atom. The van der Waals surface area contributed by atoms with Gasteiger partial charge in [-0.15, -0.1) is 0 Å². The van der Waals surface area contributed by atoms with Gasteiger partial charge in [-0.1, -0.05) is 13.8 Å². The maximum Gasteiger partial charge on any atom is 0.252 e. The number of carbonyl (C=O) groups excluding carboxylic acids is 1. The Labute approximate surface area is 128 Å². The van der Waals surface area contributed by atoms with Crippen LogP contribution >= 0.6 is 15.9 Å². The number of aliphatic hydroxyl groups is 1. The van der Waals surface area contributed by atoms with Crippen LogP contribution in [0.15, 0.2) is 22.7 Å². The van der Waals surface area contributed by atoms with Crippen molar-refractivity contribution in [2.75, 3.05) is 13.7 Å². The van der Waals surface area contributed by atoms with Crippen LogP contribution in [-0.2, 0) is 0 Å². The van der Waals surface area contributed by atoms with E-state index in [1.807, 2.05) is 13.8 Å². The number of halogens is 1. The van der Waals surface area contributed by atoms with Gasteiger partial charge in [-0.25, -0.2) is 0 Å². The van der Waals surface area contributed by atoms with Crippen LogP contribution in [0.3, 0.4) is 0 Å². The number of nitrogens with one attached hydrogen (secondary N) is 1. The molecule has 0 aliphatic heterocycles. The minimum Gasteiger partial charge on any atom is -0.497 e. The number of hydrogen-bond donors (Lipinski definition) is 2. The van der Waals surface area contributed by atoms with Crippen molar-refractivity contribution in [3.8, 4) is 5.75 Å². The quantitative estimate of drug-likeness (QED) is 0.863. The van der Waals surface area contributed by atoms with Crippen LogP contribution in [0.1, 0.15) is 38.1 Å². The highest BCUT2D eigenvalue weighted by molar-refractivity contribution is 9.10. The van der Waals surface area contributed by atoms with Crippen LogP contribution in [0.25, 0.3) is 0 Å². The summed E-state index contributed by atoms with van der Waals surface area (Å²) in [6.45, 7) is 7.67. The number of carbonyl (C=O) groups is 1. The van der Waals surface area contributed by atoms with E-state index in [4.69, 9.17) is 4.74 Å². The van der Waals surface area contributed by atoms with E-state index in [2.05, 4.69) is 21.2 Å². The molecule has 20 heavy (non-hydrogen) atoms. The van der Waals surface area contributed by atoms with Crippen molar-refractivity contribution in [1.82, 2.24) is 5.32 Å². The van der Waals surface area contributed by atoms with E-state index in [1.165, 1.54) is 0 Å². The summed E-state index contributed by atoms with van der Waals surface area (Å²) in [6, 6.07) is 5.23. The van der Waals surface area contributed by atoms with Gasteiger partial charge in [0.25, 0.3) is 5.91 Å². The fraction of sp³-hybridized carbons (Fsp3) is 0.533. The summed E-state index contributed by atoms with van der Waals surface area (Å²) < 4.78 is 5.82. The van der Waals surface area contributed by atoms with Gasteiger partial charge in [0, 0.05) is 16.4 Å². The summed E-state index contributed by atoms with van der Waals surface area (Å²) in [5.74, 6) is 0.424. The van der Waals surface area contributed by atoms with E-state index < -0.39 is 11.0 Å². The predicted molar refractivity (Wildman–Crippen MR) is 83.1 cm³/mol. The molecule has 112 valence electrons. The first-order chi connectivity index (χ1) is 9.08. The molecular weight excluding hydrogens is 322 g/mol. The molecule has 0 bridgehead atoms. The van der Waals surface area contributed by atoms with Crippen molar-refractivity contribution in [3.63, 3.8) is 0 Å². The van der Waals surface area contributed by atoms with Gasteiger partial charge in [0.1, 0.15) is 5.75 Å². The van der Waals surface area contributed by atoms with Gasteiger partial charge in [-0.05, 0) is 48.0 Å². The molecule has 2 N–H and O–H groups in total. The number of ether oxygens (including phenoxy) is 1. The maximum absolute atomic E-state index is 12.2. The van der Waals surface area contributed by atoms with E-state index in [0.29, 0.717) is 22.3 Å². The number of hydrogen-bond acceptors (Lipinski definition) is 3. The van der Waals surface area contributed by atoms with E-state index in [9.17, 15) is 9.90 Å². The molecule has 0 heterocycles. The van der Waals surface area contributed by atoms with E-state index in [0.717, 1.165) is 0 Å². The third-order valence-corrected chi connectivity index (χ3v) is 4.46. The van der Waals surface area contributed by atoms with E-state index in [1.54, 1.807) is 39.2 Å². The minimum absolute atomic E-state index is 0.201. The maximum atomic E-state index is 12.2. The standard InChI is InChI=1S/C15H22BrNO3/c1-14(2,15(3,4)19)9-17-13(18)11-8-10(20-5)6-7-12(11)16/h6-8,19H,9H2,1-5H3,(H,17,18). The van der Waals surface area contributed by atoms with Crippen LogP contribution in [-0.4, -0.2) is 30.3 Å². The van der Waals surface area contributed by atoms with Gasteiger partial charge in [-0.2, -0.15) is 0 Å². The van der Waals surface area contributed by atoms with E-state index in [-0.39, 0.29) is 5.91 Å². The normalized spacial score (nSPS) is 12.2. The third-order valence-electron chi connectivity index (χ3n) is 3.77. The lowest BCUT2D eigenvalue weighted by Crippen LogP contribution is -2.47. The van der Waals surface area contributed by atoms with Crippen molar-refractivity contribution in [1.29, 1.82) is 0 Å². The topological polar surface area (TPSA) is 58.6 Å². The lowest BCUT2D eigenvalue weighted by atomic mass is 9.77. The highest BCUT2D eigenvalue weighted by Crippen LogP contribution is 2.29. The summed E-state index contributed by atoms with van der Waals surface area (Å²) in [7, 11) is 1.56. The highest BCUT2D eigenvalue weighted by atomic mass is 79.9. The zero-order valence-electron chi connectivity index (χ0n) is 12.6. The average Bonchev–Trinajstić information content (AvgIpc) is 2.35. The molecule has 1 rings (SSSR count). The molecule has 0 atom stereocenters. The summed E-state index contributed by atoms with van der Waals surface area (Å²) in [5, 5.41) is 12.9. The summed E-state index contributed by atoms with van der Waals surface area (Å²) in [4.78, 5) is 12.2. The SMILES string of the molecule is COc1ccc(Br)c(C(=O)NCC(C)(C)C(C)(C)O)c1. The van der Waals surface area contributed by atoms with Gasteiger partial charge in [0.2, 0.25) is 0 Å². The molecule has 0 unspecified atom stereocenters. The average molecular weight is 344 g/mol. The zero-order valence-corrected chi connectivity index (χ0v) is 14.2. The molecule has 5 heteroatoms. The van der Waals surface area contributed by atoms with Crippen LogP contribution in [0.4, 0.5) is 0 Å². The predicted octanol–water partition coefficient (Wildman–Crippen LogP) is 2.98. The third kappa shape index (κ3) is 3.96. The molecule has 0 saturated carbocycles. The minimum atomic E-state index is -0.883. The Bertz CT molecular complexity index is 492. The van der Waals surface area contributed by atoms with Gasteiger partial charge in [0.05, 0.1) is 18.3 Å². The Morgan fingerprint density at radius 2 is 1.95 bits per heavy atom. The monoisotopic (exact) mass is 343 g/mol.